The van der Waals surface area contributed by atoms with Crippen LogP contribution in [0.1, 0.15) is 28.1 Å². The number of hydrogen-bond acceptors (Lipinski definition) is 5. The van der Waals surface area contributed by atoms with Gasteiger partial charge in [0.15, 0.2) is 5.82 Å². The number of morpholine rings is 1. The number of rotatable bonds is 2. The van der Waals surface area contributed by atoms with E-state index in [-0.39, 0.29) is 23.1 Å². The summed E-state index contributed by atoms with van der Waals surface area (Å²) >= 11 is 5.90. The number of hydrogen-bond donors (Lipinski definition) is 0. The minimum Gasteiger partial charge on any atom is -0.377 e. The topological polar surface area (TPSA) is 68.5 Å². The van der Waals surface area contributed by atoms with Gasteiger partial charge in [0.25, 0.3) is 11.8 Å². The van der Waals surface area contributed by atoms with Gasteiger partial charge in [-0.1, -0.05) is 22.8 Å². The molecule has 1 unspecified atom stereocenters. The molecular formula is C14H13ClFN3O3. The molecule has 0 saturated carbocycles. The summed E-state index contributed by atoms with van der Waals surface area (Å²) in [4.78, 5) is 18.3. The van der Waals surface area contributed by atoms with Crippen LogP contribution >= 0.6 is 11.6 Å². The lowest BCUT2D eigenvalue weighted by Crippen LogP contribution is -2.43. The molecule has 3 rings (SSSR count). The Hall–Kier alpha value is -1.99. The molecule has 1 aliphatic heterocycles. The number of halogens is 2. The predicted molar refractivity (Wildman–Crippen MR) is 75.0 cm³/mol. The number of carbonyl (C=O) groups is 1. The molecule has 1 aromatic heterocycles. The Bertz CT molecular complexity index is 706. The SMILES string of the molecule is Cc1noc(C2COCCN2C(=O)c2cccc(F)c2Cl)n1. The zero-order chi connectivity index (χ0) is 15.7. The molecule has 116 valence electrons. The van der Waals surface area contributed by atoms with Crippen molar-refractivity contribution in [1.29, 1.82) is 0 Å². The number of nitrogens with zero attached hydrogens (tertiary/aromatic N) is 3. The number of aryl methyl sites for hydroxylation is 1. The van der Waals surface area contributed by atoms with Gasteiger partial charge in [-0.25, -0.2) is 4.39 Å². The molecule has 1 fully saturated rings. The summed E-state index contributed by atoms with van der Waals surface area (Å²) in [5.74, 6) is -0.269. The van der Waals surface area contributed by atoms with Crippen LogP contribution in [0, 0.1) is 12.7 Å². The fourth-order valence-electron chi connectivity index (χ4n) is 2.32. The van der Waals surface area contributed by atoms with E-state index in [0.29, 0.717) is 19.0 Å². The fraction of sp³-hybridized carbons (Fsp3) is 0.357. The van der Waals surface area contributed by atoms with Crippen LogP contribution in [0.4, 0.5) is 4.39 Å². The van der Waals surface area contributed by atoms with Crippen molar-refractivity contribution >= 4 is 17.5 Å². The van der Waals surface area contributed by atoms with Gasteiger partial charge in [-0.05, 0) is 19.1 Å². The smallest absolute Gasteiger partial charge is 0.256 e. The van der Waals surface area contributed by atoms with Gasteiger partial charge in [0.2, 0.25) is 0 Å². The van der Waals surface area contributed by atoms with Crippen molar-refractivity contribution < 1.29 is 18.4 Å². The van der Waals surface area contributed by atoms with E-state index in [1.807, 2.05) is 0 Å². The average Bonchev–Trinajstić information content (AvgIpc) is 2.96. The lowest BCUT2D eigenvalue weighted by molar-refractivity contribution is -0.0119. The van der Waals surface area contributed by atoms with Crippen molar-refractivity contribution in [3.63, 3.8) is 0 Å². The van der Waals surface area contributed by atoms with Crippen molar-refractivity contribution in [3.05, 3.63) is 46.3 Å². The molecule has 1 saturated heterocycles. The van der Waals surface area contributed by atoms with Crippen LogP contribution in [0.5, 0.6) is 0 Å². The van der Waals surface area contributed by atoms with Gasteiger partial charge in [-0.2, -0.15) is 4.98 Å². The monoisotopic (exact) mass is 325 g/mol. The molecule has 2 heterocycles. The second kappa shape index (κ2) is 6.02. The third kappa shape index (κ3) is 2.69. The highest BCUT2D eigenvalue weighted by Crippen LogP contribution is 2.28. The lowest BCUT2D eigenvalue weighted by atomic mass is 10.1. The van der Waals surface area contributed by atoms with E-state index in [1.165, 1.54) is 23.1 Å². The summed E-state index contributed by atoms with van der Waals surface area (Å²) < 4.78 is 24.1. The molecule has 0 aliphatic carbocycles. The van der Waals surface area contributed by atoms with E-state index < -0.39 is 17.8 Å². The second-order valence-electron chi connectivity index (χ2n) is 4.87. The highest BCUT2D eigenvalue weighted by Gasteiger charge is 2.34. The molecule has 1 atom stereocenters. The second-order valence-corrected chi connectivity index (χ2v) is 5.25. The largest absolute Gasteiger partial charge is 0.377 e. The van der Waals surface area contributed by atoms with Crippen LogP contribution in [0.25, 0.3) is 0 Å². The third-order valence-electron chi connectivity index (χ3n) is 3.40. The Balaban J connectivity index is 1.93. The molecular weight excluding hydrogens is 313 g/mol. The summed E-state index contributed by atoms with van der Waals surface area (Å²) in [6.07, 6.45) is 0. The molecule has 1 amide bonds. The van der Waals surface area contributed by atoms with Crippen molar-refractivity contribution in [2.45, 2.75) is 13.0 Å². The first-order valence-electron chi connectivity index (χ1n) is 6.71. The Morgan fingerprint density at radius 3 is 3.05 bits per heavy atom. The first-order valence-corrected chi connectivity index (χ1v) is 7.08. The maximum absolute atomic E-state index is 13.6. The van der Waals surface area contributed by atoms with E-state index in [9.17, 15) is 9.18 Å². The van der Waals surface area contributed by atoms with Crippen molar-refractivity contribution in [3.8, 4) is 0 Å². The normalized spacial score (nSPS) is 18.5. The Labute approximate surface area is 130 Å². The van der Waals surface area contributed by atoms with E-state index in [4.69, 9.17) is 20.9 Å². The van der Waals surface area contributed by atoms with Crippen LogP contribution < -0.4 is 0 Å². The fourth-order valence-corrected chi connectivity index (χ4v) is 2.53. The maximum atomic E-state index is 13.6. The number of aromatic nitrogens is 2. The number of carbonyl (C=O) groups excluding carboxylic acids is 1. The molecule has 1 aromatic carbocycles. The summed E-state index contributed by atoms with van der Waals surface area (Å²) in [5.41, 5.74) is 0.102. The Morgan fingerprint density at radius 1 is 1.50 bits per heavy atom. The van der Waals surface area contributed by atoms with Gasteiger partial charge < -0.3 is 14.2 Å². The molecule has 8 heteroatoms. The minimum absolute atomic E-state index is 0.102. The van der Waals surface area contributed by atoms with Crippen LogP contribution in [0.15, 0.2) is 22.7 Å². The van der Waals surface area contributed by atoms with Crippen molar-refractivity contribution in [2.75, 3.05) is 19.8 Å². The van der Waals surface area contributed by atoms with Crippen LogP contribution in [-0.4, -0.2) is 40.7 Å². The third-order valence-corrected chi connectivity index (χ3v) is 3.78. The van der Waals surface area contributed by atoms with Gasteiger partial charge >= 0.3 is 0 Å². The Morgan fingerprint density at radius 2 is 2.32 bits per heavy atom. The van der Waals surface area contributed by atoms with E-state index in [0.717, 1.165) is 0 Å². The van der Waals surface area contributed by atoms with Crippen LogP contribution in [0.2, 0.25) is 5.02 Å². The maximum Gasteiger partial charge on any atom is 0.256 e. The van der Waals surface area contributed by atoms with Crippen LogP contribution in [-0.2, 0) is 4.74 Å². The average molecular weight is 326 g/mol. The number of benzene rings is 1. The zero-order valence-electron chi connectivity index (χ0n) is 11.8. The Kier molecular flexibility index (Phi) is 4.08. The van der Waals surface area contributed by atoms with Gasteiger partial charge in [0, 0.05) is 6.54 Å². The summed E-state index contributed by atoms with van der Waals surface area (Å²) in [6.45, 7) is 2.63. The molecule has 1 aliphatic rings. The quantitative estimate of drug-likeness (QED) is 0.848. The van der Waals surface area contributed by atoms with E-state index >= 15 is 0 Å². The zero-order valence-corrected chi connectivity index (χ0v) is 12.5. The summed E-state index contributed by atoms with van der Waals surface area (Å²) in [6, 6.07) is 3.62. The first kappa shape index (κ1) is 14.9. The van der Waals surface area contributed by atoms with Gasteiger partial charge in [0.05, 0.1) is 23.8 Å². The predicted octanol–water partition coefficient (Wildman–Crippen LogP) is 2.38. The van der Waals surface area contributed by atoms with Crippen molar-refractivity contribution in [2.24, 2.45) is 0 Å². The standard InChI is InChI=1S/C14H13ClFN3O3/c1-8-17-13(22-18-8)11-7-21-6-5-19(11)14(20)9-3-2-4-10(16)12(9)15/h2-4,11H,5-7H2,1H3. The minimum atomic E-state index is -0.633. The summed E-state index contributed by atoms with van der Waals surface area (Å²) in [5, 5.41) is 3.53. The van der Waals surface area contributed by atoms with Gasteiger partial charge in [-0.3, -0.25) is 4.79 Å². The number of ether oxygens (including phenoxy) is 1. The van der Waals surface area contributed by atoms with Crippen molar-refractivity contribution in [1.82, 2.24) is 15.0 Å². The van der Waals surface area contributed by atoms with E-state index in [2.05, 4.69) is 10.1 Å². The number of amides is 1. The molecule has 2 aromatic rings. The van der Waals surface area contributed by atoms with Gasteiger partial charge in [-0.15, -0.1) is 0 Å². The molecule has 6 nitrogen and oxygen atoms in total. The highest BCUT2D eigenvalue weighted by molar-refractivity contribution is 6.34. The first-order chi connectivity index (χ1) is 10.6. The molecule has 0 spiro atoms. The van der Waals surface area contributed by atoms with E-state index in [1.54, 1.807) is 6.92 Å². The lowest BCUT2D eigenvalue weighted by Gasteiger charge is -2.33. The van der Waals surface area contributed by atoms with Gasteiger partial charge in [0.1, 0.15) is 11.9 Å². The van der Waals surface area contributed by atoms with Crippen LogP contribution in [0.3, 0.4) is 0 Å². The molecule has 0 bridgehead atoms. The highest BCUT2D eigenvalue weighted by atomic mass is 35.5. The molecule has 0 N–H and O–H groups in total. The molecule has 0 radical (unpaired) electrons. The molecule has 22 heavy (non-hydrogen) atoms. The summed E-state index contributed by atoms with van der Waals surface area (Å²) in [7, 11) is 0.